The van der Waals surface area contributed by atoms with E-state index in [0.717, 1.165) is 32.9 Å². The van der Waals surface area contributed by atoms with E-state index in [9.17, 15) is 22.8 Å². The van der Waals surface area contributed by atoms with Crippen LogP contribution in [0.25, 0.3) is 21.8 Å². The summed E-state index contributed by atoms with van der Waals surface area (Å²) in [6, 6.07) is 20.9. The molecule has 0 aliphatic heterocycles. The Bertz CT molecular complexity index is 1480. The minimum atomic E-state index is -5.19. The molecule has 204 valence electrons. The number of hydrogen-bond acceptors (Lipinski definition) is 6. The third-order valence-corrected chi connectivity index (χ3v) is 5.92. The van der Waals surface area contributed by atoms with E-state index in [-0.39, 0.29) is 12.5 Å². The van der Waals surface area contributed by atoms with Crippen LogP contribution < -0.4 is 20.3 Å². The van der Waals surface area contributed by atoms with Crippen molar-refractivity contribution in [1.29, 1.82) is 0 Å². The smallest absolute Gasteiger partial charge is 0.430 e. The van der Waals surface area contributed by atoms with Gasteiger partial charge in [0.1, 0.15) is 11.7 Å². The molecule has 8 nitrogen and oxygen atoms in total. The highest BCUT2D eigenvalue weighted by Gasteiger charge is 2.29. The number of para-hydroxylation sites is 3. The van der Waals surface area contributed by atoms with Crippen molar-refractivity contribution < 1.29 is 42.0 Å². The van der Waals surface area contributed by atoms with Crippen LogP contribution in [-0.4, -0.2) is 35.6 Å². The van der Waals surface area contributed by atoms with Crippen LogP contribution in [0, 0.1) is 13.8 Å². The molecule has 0 bridgehead atoms. The molecule has 1 heterocycles. The van der Waals surface area contributed by atoms with Gasteiger partial charge in [-0.25, -0.2) is 10.6 Å². The first-order chi connectivity index (χ1) is 18.4. The van der Waals surface area contributed by atoms with Crippen LogP contribution in [0.1, 0.15) is 28.4 Å². The number of alkyl halides is 3. The highest BCUT2D eigenvalue weighted by atomic mass is 19.4. The molecule has 0 aliphatic rings. The minimum absolute atomic E-state index is 0.0671. The summed E-state index contributed by atoms with van der Waals surface area (Å²) in [4.78, 5) is 34.9. The molecule has 0 spiro atoms. The summed E-state index contributed by atoms with van der Waals surface area (Å²) >= 11 is 0. The number of amides is 1. The first kappa shape index (κ1) is 29.1. The molecular formula is C28H26F3N3O5. The van der Waals surface area contributed by atoms with E-state index in [1.165, 1.54) is 5.01 Å². The zero-order chi connectivity index (χ0) is 28.9. The Morgan fingerprint density at radius 1 is 0.897 bits per heavy atom. The summed E-state index contributed by atoms with van der Waals surface area (Å²) < 4.78 is 39.4. The molecule has 0 atom stereocenters. The fraction of sp³-hybridized carbons (Fsp3) is 0.214. The molecule has 0 fully saturated rings. The van der Waals surface area contributed by atoms with Crippen LogP contribution in [0.15, 0.2) is 66.7 Å². The topological polar surface area (TPSA) is 117 Å². The maximum absolute atomic E-state index is 13.5. The van der Waals surface area contributed by atoms with E-state index in [1.54, 1.807) is 0 Å². The summed E-state index contributed by atoms with van der Waals surface area (Å²) in [5.41, 5.74) is 3.79. The van der Waals surface area contributed by atoms with Crippen molar-refractivity contribution in [2.75, 3.05) is 6.54 Å². The molecular weight excluding hydrogens is 515 g/mol. The number of ether oxygens (including phenoxy) is 1. The number of halogens is 3. The third-order valence-electron chi connectivity index (χ3n) is 5.92. The zero-order valence-electron chi connectivity index (χ0n) is 21.4. The Morgan fingerprint density at radius 3 is 1.79 bits per heavy atom. The van der Waals surface area contributed by atoms with Gasteiger partial charge in [0.2, 0.25) is 17.6 Å². The van der Waals surface area contributed by atoms with Gasteiger partial charge in [0.25, 0.3) is 0 Å². The second kappa shape index (κ2) is 11.9. The number of hydrogen-bond donors (Lipinski definition) is 1. The maximum atomic E-state index is 13.5. The van der Waals surface area contributed by atoms with Crippen LogP contribution in [0.4, 0.5) is 13.2 Å². The number of aromatic nitrogens is 1. The van der Waals surface area contributed by atoms with E-state index in [0.29, 0.717) is 17.9 Å². The lowest BCUT2D eigenvalue weighted by atomic mass is 10.0. The number of nitrogens with two attached hydrogens (primary N) is 1. The van der Waals surface area contributed by atoms with Gasteiger partial charge in [0.05, 0.1) is 16.3 Å². The van der Waals surface area contributed by atoms with Crippen LogP contribution in [0.5, 0.6) is 5.75 Å². The minimum Gasteiger partial charge on any atom is -0.542 e. The number of aliphatic carboxylic acids is 1. The molecule has 4 rings (SSSR count). The molecule has 0 saturated carbocycles. The molecule has 2 N–H and O–H groups in total. The highest BCUT2D eigenvalue weighted by Crippen LogP contribution is 2.29. The quantitative estimate of drug-likeness (QED) is 0.0790. The predicted octanol–water partition coefficient (Wildman–Crippen LogP) is 3.14. The molecule has 0 aliphatic carbocycles. The fourth-order valence-electron chi connectivity index (χ4n) is 4.01. The normalized spacial score (nSPS) is 11.1. The van der Waals surface area contributed by atoms with Gasteiger partial charge < -0.3 is 14.6 Å². The number of hydrazine groups is 1. The van der Waals surface area contributed by atoms with Gasteiger partial charge in [0.15, 0.2) is 0 Å². The van der Waals surface area contributed by atoms with Crippen molar-refractivity contribution in [3.63, 3.8) is 0 Å². The molecule has 4 aromatic rings. The van der Waals surface area contributed by atoms with Crippen molar-refractivity contribution in [2.24, 2.45) is 5.84 Å². The van der Waals surface area contributed by atoms with E-state index in [1.807, 2.05) is 92.1 Å². The number of fused-ring (bicyclic) bond motifs is 2. The van der Waals surface area contributed by atoms with Crippen LogP contribution >= 0.6 is 0 Å². The SMILES string of the molecule is CCN(N)C(=O)C[n+]1c2ccccc2c(C(=O)Oc2c(C)cccc2C)c2ccccc21.O=C([O-])C(F)(F)F. The van der Waals surface area contributed by atoms with Crippen LogP contribution in [-0.2, 0) is 16.1 Å². The molecule has 39 heavy (non-hydrogen) atoms. The van der Waals surface area contributed by atoms with Crippen LogP contribution in [0.3, 0.4) is 0 Å². The molecule has 0 saturated heterocycles. The number of carbonyl (C=O) groups excluding carboxylic acids is 3. The first-order valence-corrected chi connectivity index (χ1v) is 11.8. The van der Waals surface area contributed by atoms with Crippen molar-refractivity contribution in [3.05, 3.63) is 83.4 Å². The largest absolute Gasteiger partial charge is 0.542 e. The molecule has 1 aromatic heterocycles. The maximum Gasteiger partial charge on any atom is 0.430 e. The Balaban J connectivity index is 0.000000532. The van der Waals surface area contributed by atoms with Crippen molar-refractivity contribution in [2.45, 2.75) is 33.5 Å². The number of nitrogens with zero attached hydrogens (tertiary/aromatic N) is 2. The second-order valence-corrected chi connectivity index (χ2v) is 8.57. The Morgan fingerprint density at radius 2 is 1.36 bits per heavy atom. The zero-order valence-corrected chi connectivity index (χ0v) is 21.4. The van der Waals surface area contributed by atoms with E-state index in [4.69, 9.17) is 20.5 Å². The summed E-state index contributed by atoms with van der Waals surface area (Å²) in [6.07, 6.45) is -5.19. The average molecular weight is 542 g/mol. The van der Waals surface area contributed by atoms with Crippen molar-refractivity contribution in [3.8, 4) is 5.75 Å². The fourth-order valence-corrected chi connectivity index (χ4v) is 4.01. The summed E-state index contributed by atoms with van der Waals surface area (Å²) in [5.74, 6) is 2.77. The lowest BCUT2D eigenvalue weighted by Crippen LogP contribution is -2.48. The Labute approximate surface area is 222 Å². The summed E-state index contributed by atoms with van der Waals surface area (Å²) in [6.45, 7) is 6.14. The monoisotopic (exact) mass is 541 g/mol. The molecule has 1 amide bonds. The second-order valence-electron chi connectivity index (χ2n) is 8.57. The molecule has 0 radical (unpaired) electrons. The number of esters is 1. The van der Waals surface area contributed by atoms with E-state index >= 15 is 0 Å². The Hall–Kier alpha value is -4.51. The number of likely N-dealkylation sites (N-methyl/N-ethyl adjacent to an activating group) is 1. The van der Waals surface area contributed by atoms with Crippen molar-refractivity contribution in [1.82, 2.24) is 5.01 Å². The Kier molecular flexibility index (Phi) is 8.87. The number of aryl methyl sites for hydroxylation is 2. The number of carboxylic acids is 1. The van der Waals surface area contributed by atoms with Gasteiger partial charge >= 0.3 is 18.1 Å². The van der Waals surface area contributed by atoms with Gasteiger partial charge in [-0.15, -0.1) is 0 Å². The van der Waals surface area contributed by atoms with E-state index < -0.39 is 18.1 Å². The number of benzene rings is 3. The predicted molar refractivity (Wildman–Crippen MR) is 135 cm³/mol. The summed E-state index contributed by atoms with van der Waals surface area (Å²) in [5, 5.41) is 11.4. The molecule has 0 unspecified atom stereocenters. The van der Waals surface area contributed by atoms with Crippen molar-refractivity contribution >= 4 is 39.7 Å². The number of pyridine rings is 1. The third kappa shape index (κ3) is 6.50. The lowest BCUT2D eigenvalue weighted by molar-refractivity contribution is -0.632. The number of carboxylic acid groups (broad SMARTS) is 1. The van der Waals surface area contributed by atoms with Gasteiger partial charge in [0, 0.05) is 18.7 Å². The van der Waals surface area contributed by atoms with E-state index in [2.05, 4.69) is 0 Å². The summed E-state index contributed by atoms with van der Waals surface area (Å²) in [7, 11) is 0. The first-order valence-electron chi connectivity index (χ1n) is 11.8. The number of rotatable bonds is 5. The molecule has 3 aromatic carbocycles. The standard InChI is InChI=1S/C26H25N3O3.C2HF3O2/c1-4-29(27)23(30)16-28-21-14-7-5-12-19(21)24(20-13-6-8-15-22(20)28)26(31)32-25-17(2)10-9-11-18(25)3;3-2(4,5)1(6)7/h5-15,27H,4,16H2,1-3H3;(H,6,7). The lowest BCUT2D eigenvalue weighted by Gasteiger charge is -2.15. The highest BCUT2D eigenvalue weighted by molar-refractivity contribution is 6.13. The van der Waals surface area contributed by atoms with Crippen LogP contribution in [0.2, 0.25) is 0 Å². The van der Waals surface area contributed by atoms with Gasteiger partial charge in [-0.05, 0) is 44.0 Å². The molecule has 11 heteroatoms. The van der Waals surface area contributed by atoms with Gasteiger partial charge in [-0.1, -0.05) is 42.5 Å². The number of carbonyl (C=O) groups is 3. The van der Waals surface area contributed by atoms with Gasteiger partial charge in [-0.2, -0.15) is 17.7 Å². The van der Waals surface area contributed by atoms with Gasteiger partial charge in [-0.3, -0.25) is 9.80 Å². The average Bonchev–Trinajstić information content (AvgIpc) is 2.89.